The first-order valence-corrected chi connectivity index (χ1v) is 8.00. The van der Waals surface area contributed by atoms with Crippen LogP contribution in [0.3, 0.4) is 0 Å². The molecule has 0 bridgehead atoms. The van der Waals surface area contributed by atoms with Gasteiger partial charge in [0.2, 0.25) is 0 Å². The fourth-order valence-electron chi connectivity index (χ4n) is 1.48. The van der Waals surface area contributed by atoms with Gasteiger partial charge in [0.25, 0.3) is 0 Å². The fraction of sp³-hybridized carbons (Fsp3) is 0.462. The molecule has 2 N–H and O–H groups in total. The standard InChI is InChI=1S/C13H20N2O4S/c1-2-3-7-10-14-20(17,18)15-13(16)19-11-12-8-5-4-6-9-12/h4-6,8-9,14H,2-3,7,10-11H2,1H3,(H,15,16). The van der Waals surface area contributed by atoms with E-state index in [0.717, 1.165) is 24.8 Å². The lowest BCUT2D eigenvalue weighted by molar-refractivity contribution is 0.146. The molecule has 1 rings (SSSR count). The molecular weight excluding hydrogens is 280 g/mol. The van der Waals surface area contributed by atoms with Gasteiger partial charge in [-0.2, -0.15) is 13.1 Å². The molecule has 0 atom stereocenters. The van der Waals surface area contributed by atoms with Crippen LogP contribution in [0.5, 0.6) is 0 Å². The van der Waals surface area contributed by atoms with Crippen LogP contribution in [0.15, 0.2) is 30.3 Å². The molecule has 1 aromatic carbocycles. The predicted octanol–water partition coefficient (Wildman–Crippen LogP) is 1.94. The van der Waals surface area contributed by atoms with Crippen LogP contribution in [0, 0.1) is 0 Å². The van der Waals surface area contributed by atoms with Crippen LogP contribution < -0.4 is 9.44 Å². The molecule has 0 aliphatic rings. The number of ether oxygens (including phenoxy) is 1. The van der Waals surface area contributed by atoms with Crippen LogP contribution in [-0.4, -0.2) is 21.1 Å². The summed E-state index contributed by atoms with van der Waals surface area (Å²) in [5, 5.41) is 0. The van der Waals surface area contributed by atoms with Gasteiger partial charge in [-0.1, -0.05) is 50.1 Å². The lowest BCUT2D eigenvalue weighted by Gasteiger charge is -2.08. The van der Waals surface area contributed by atoms with Crippen molar-refractivity contribution in [2.75, 3.05) is 6.54 Å². The molecule has 0 aliphatic carbocycles. The number of rotatable bonds is 8. The van der Waals surface area contributed by atoms with Crippen LogP contribution in [0.1, 0.15) is 31.7 Å². The van der Waals surface area contributed by atoms with Crippen LogP contribution in [-0.2, 0) is 21.6 Å². The maximum atomic E-state index is 11.5. The predicted molar refractivity (Wildman–Crippen MR) is 76.2 cm³/mol. The maximum Gasteiger partial charge on any atom is 0.422 e. The summed E-state index contributed by atoms with van der Waals surface area (Å²) in [6.07, 6.45) is 1.67. The smallest absolute Gasteiger partial charge is 0.422 e. The lowest BCUT2D eigenvalue weighted by Crippen LogP contribution is -2.40. The average Bonchev–Trinajstić information content (AvgIpc) is 2.42. The second kappa shape index (κ2) is 8.55. The molecule has 20 heavy (non-hydrogen) atoms. The van der Waals surface area contributed by atoms with Crippen molar-refractivity contribution < 1.29 is 17.9 Å². The van der Waals surface area contributed by atoms with E-state index in [2.05, 4.69) is 4.72 Å². The van der Waals surface area contributed by atoms with Gasteiger partial charge in [0.05, 0.1) is 0 Å². The number of amides is 1. The van der Waals surface area contributed by atoms with E-state index in [9.17, 15) is 13.2 Å². The summed E-state index contributed by atoms with van der Waals surface area (Å²) in [7, 11) is -3.84. The Morgan fingerprint density at radius 1 is 1.20 bits per heavy atom. The van der Waals surface area contributed by atoms with Gasteiger partial charge in [0.1, 0.15) is 6.61 Å². The summed E-state index contributed by atoms with van der Waals surface area (Å²) in [5.74, 6) is 0. The Kier molecular flexibility index (Phi) is 7.03. The molecule has 0 heterocycles. The number of unbranched alkanes of at least 4 members (excludes halogenated alkanes) is 2. The molecule has 0 saturated heterocycles. The van der Waals surface area contributed by atoms with E-state index < -0.39 is 16.3 Å². The van der Waals surface area contributed by atoms with Crippen molar-refractivity contribution in [1.29, 1.82) is 0 Å². The summed E-state index contributed by atoms with van der Waals surface area (Å²) < 4.78 is 31.9. The van der Waals surface area contributed by atoms with Gasteiger partial charge < -0.3 is 4.74 Å². The minimum absolute atomic E-state index is 0.0258. The Morgan fingerprint density at radius 3 is 2.55 bits per heavy atom. The quantitative estimate of drug-likeness (QED) is 0.719. The van der Waals surface area contributed by atoms with Gasteiger partial charge in [0.15, 0.2) is 0 Å². The first-order valence-electron chi connectivity index (χ1n) is 6.51. The van der Waals surface area contributed by atoms with E-state index >= 15 is 0 Å². The molecule has 6 nitrogen and oxygen atoms in total. The van der Waals surface area contributed by atoms with E-state index in [4.69, 9.17) is 4.74 Å². The van der Waals surface area contributed by atoms with E-state index in [0.29, 0.717) is 6.54 Å². The topological polar surface area (TPSA) is 84.5 Å². The monoisotopic (exact) mass is 300 g/mol. The van der Waals surface area contributed by atoms with Crippen molar-refractivity contribution in [3.05, 3.63) is 35.9 Å². The second-order valence-electron chi connectivity index (χ2n) is 4.27. The van der Waals surface area contributed by atoms with Crippen molar-refractivity contribution in [3.8, 4) is 0 Å². The SMILES string of the molecule is CCCCCNS(=O)(=O)NC(=O)OCc1ccccc1. The Bertz CT molecular complexity index is 502. The third kappa shape index (κ3) is 7.10. The summed E-state index contributed by atoms with van der Waals surface area (Å²) in [4.78, 5) is 11.4. The van der Waals surface area contributed by atoms with Crippen LogP contribution in [0.25, 0.3) is 0 Å². The van der Waals surface area contributed by atoms with Crippen molar-refractivity contribution in [3.63, 3.8) is 0 Å². The zero-order valence-corrected chi connectivity index (χ0v) is 12.3. The summed E-state index contributed by atoms with van der Waals surface area (Å²) >= 11 is 0. The van der Waals surface area contributed by atoms with Crippen molar-refractivity contribution in [2.45, 2.75) is 32.8 Å². The molecule has 0 saturated carbocycles. The number of hydrogen-bond acceptors (Lipinski definition) is 4. The number of hydrogen-bond donors (Lipinski definition) is 2. The highest BCUT2D eigenvalue weighted by atomic mass is 32.2. The van der Waals surface area contributed by atoms with Gasteiger partial charge in [0, 0.05) is 6.54 Å². The summed E-state index contributed by atoms with van der Waals surface area (Å²) in [6, 6.07) is 9.02. The van der Waals surface area contributed by atoms with Crippen LogP contribution in [0.2, 0.25) is 0 Å². The summed E-state index contributed by atoms with van der Waals surface area (Å²) in [6.45, 7) is 2.35. The highest BCUT2D eigenvalue weighted by molar-refractivity contribution is 7.88. The van der Waals surface area contributed by atoms with E-state index in [-0.39, 0.29) is 6.61 Å². The fourth-order valence-corrected chi connectivity index (χ4v) is 2.24. The largest absolute Gasteiger partial charge is 0.444 e. The van der Waals surface area contributed by atoms with Crippen LogP contribution in [0.4, 0.5) is 4.79 Å². The number of benzene rings is 1. The van der Waals surface area contributed by atoms with Gasteiger partial charge in [-0.3, -0.25) is 0 Å². The molecule has 0 unspecified atom stereocenters. The Balaban J connectivity index is 2.30. The molecule has 112 valence electrons. The highest BCUT2D eigenvalue weighted by Crippen LogP contribution is 2.00. The molecule has 0 spiro atoms. The zero-order valence-electron chi connectivity index (χ0n) is 11.5. The van der Waals surface area contributed by atoms with Crippen LogP contribution >= 0.6 is 0 Å². The Hall–Kier alpha value is -1.60. The Morgan fingerprint density at radius 2 is 1.90 bits per heavy atom. The molecule has 0 fully saturated rings. The molecular formula is C13H20N2O4S. The number of carbonyl (C=O) groups is 1. The molecule has 1 amide bonds. The summed E-state index contributed by atoms with van der Waals surface area (Å²) in [5.41, 5.74) is 0.788. The number of nitrogens with one attached hydrogen (secondary N) is 2. The Labute approximate surface area is 119 Å². The highest BCUT2D eigenvalue weighted by Gasteiger charge is 2.14. The van der Waals surface area contributed by atoms with Gasteiger partial charge in [-0.15, -0.1) is 0 Å². The third-order valence-electron chi connectivity index (χ3n) is 2.50. The van der Waals surface area contributed by atoms with Crippen molar-refractivity contribution >= 4 is 16.3 Å². The van der Waals surface area contributed by atoms with Gasteiger partial charge in [-0.05, 0) is 12.0 Å². The zero-order chi connectivity index (χ0) is 14.8. The minimum atomic E-state index is -3.84. The second-order valence-corrected chi connectivity index (χ2v) is 5.77. The molecule has 1 aromatic rings. The van der Waals surface area contributed by atoms with Crippen molar-refractivity contribution in [1.82, 2.24) is 9.44 Å². The maximum absolute atomic E-state index is 11.5. The molecule has 7 heteroatoms. The molecule has 0 aliphatic heterocycles. The van der Waals surface area contributed by atoms with Crippen molar-refractivity contribution in [2.24, 2.45) is 0 Å². The number of carbonyl (C=O) groups excluding carboxylic acids is 1. The average molecular weight is 300 g/mol. The van der Waals surface area contributed by atoms with Gasteiger partial charge >= 0.3 is 16.3 Å². The molecule has 0 aromatic heterocycles. The van der Waals surface area contributed by atoms with E-state index in [1.165, 1.54) is 0 Å². The van der Waals surface area contributed by atoms with Gasteiger partial charge in [-0.25, -0.2) is 9.52 Å². The third-order valence-corrected chi connectivity index (χ3v) is 3.52. The first kappa shape index (κ1) is 16.5. The molecule has 0 radical (unpaired) electrons. The lowest BCUT2D eigenvalue weighted by atomic mass is 10.2. The normalized spacial score (nSPS) is 11.1. The van der Waals surface area contributed by atoms with E-state index in [1.54, 1.807) is 16.9 Å². The van der Waals surface area contributed by atoms with E-state index in [1.807, 2.05) is 25.1 Å². The minimum Gasteiger partial charge on any atom is -0.444 e. The first-order chi connectivity index (χ1) is 9.53.